The van der Waals surface area contributed by atoms with Gasteiger partial charge in [-0.2, -0.15) is 0 Å². The maximum Gasteiger partial charge on any atom is 0.0727 e. The Hall–Kier alpha value is -9.50. The van der Waals surface area contributed by atoms with Crippen molar-refractivity contribution in [3.8, 4) is 55.6 Å². The lowest BCUT2D eigenvalue weighted by Crippen LogP contribution is -2.27. The smallest absolute Gasteiger partial charge is 0.0727 e. The van der Waals surface area contributed by atoms with Gasteiger partial charge in [0.15, 0.2) is 0 Å². The fourth-order valence-electron chi connectivity index (χ4n) is 12.3. The van der Waals surface area contributed by atoms with Crippen LogP contribution < -0.4 is 9.80 Å². The maximum atomic E-state index is 2.53. The third-order valence-electron chi connectivity index (χ3n) is 15.8. The molecule has 14 rings (SSSR count). The van der Waals surface area contributed by atoms with E-state index >= 15 is 0 Å². The van der Waals surface area contributed by atoms with Crippen LogP contribution in [0.15, 0.2) is 297 Å². The van der Waals surface area contributed by atoms with Crippen LogP contribution in [-0.4, -0.2) is 0 Å². The molecule has 0 N–H and O–H groups in total. The van der Waals surface area contributed by atoms with Crippen molar-refractivity contribution in [2.75, 3.05) is 9.80 Å². The Kier molecular flexibility index (Phi) is 10.9. The predicted octanol–water partition coefficient (Wildman–Crippen LogP) is 19.4. The summed E-state index contributed by atoms with van der Waals surface area (Å²) in [4.78, 5) is 4.95. The minimum absolute atomic E-state index is 0.589. The van der Waals surface area contributed by atoms with Crippen LogP contribution in [0.2, 0.25) is 0 Å². The molecule has 0 saturated carbocycles. The molecule has 0 fully saturated rings. The maximum absolute atomic E-state index is 2.53. The van der Waals surface area contributed by atoms with E-state index in [-0.39, 0.29) is 0 Å². The van der Waals surface area contributed by atoms with Crippen LogP contribution >= 0.6 is 0 Å². The van der Waals surface area contributed by atoms with E-state index in [1.165, 1.54) is 94.7 Å². The zero-order valence-corrected chi connectivity index (χ0v) is 41.5. The lowest BCUT2D eigenvalue weighted by Gasteiger charge is -2.34. The highest BCUT2D eigenvalue weighted by molar-refractivity contribution is 5.97. The number of hydrogen-bond acceptors (Lipinski definition) is 2. The molecule has 0 radical (unpaired) electrons. The molecule has 3 aliphatic carbocycles. The fourth-order valence-corrected chi connectivity index (χ4v) is 12.3. The van der Waals surface area contributed by atoms with Gasteiger partial charge in [0.25, 0.3) is 0 Å². The Morgan fingerprint density at radius 3 is 0.987 bits per heavy atom. The first kappa shape index (κ1) is 44.2. The molecular weight excluding hydrogens is 905 g/mol. The summed E-state index contributed by atoms with van der Waals surface area (Å²) in [6.07, 6.45) is 6.56. The standard InChI is InChI=1S/C73H52N2/c1-5-17-51(18-6-1)55-29-37-59(38-30-55)74(60-39-31-56(32-40-60)52-19-7-2-8-20-52)63-45-47-67-65-25-13-15-27-69(65)73(71(67)49-63)70-28-16-14-26-66(70)68-48-46-64(50-72(68)73)75(61-41-33-57(34-42-61)53-21-9-3-10-22-53)62-43-35-58(36-44-62)54-23-11-4-12-24-54/h1-35,37-43,45-50H,36,44H2. The number of hydrogen-bond donors (Lipinski definition) is 0. The molecule has 3 aliphatic rings. The second-order valence-corrected chi connectivity index (χ2v) is 19.9. The zero-order valence-electron chi connectivity index (χ0n) is 41.5. The zero-order chi connectivity index (χ0) is 49.7. The highest BCUT2D eigenvalue weighted by Gasteiger charge is 2.52. The summed E-state index contributed by atoms with van der Waals surface area (Å²) in [5.74, 6) is 0. The van der Waals surface area contributed by atoms with Gasteiger partial charge in [-0.15, -0.1) is 0 Å². The lowest BCUT2D eigenvalue weighted by atomic mass is 9.70. The van der Waals surface area contributed by atoms with Gasteiger partial charge in [0.2, 0.25) is 0 Å². The molecule has 2 nitrogen and oxygen atoms in total. The van der Waals surface area contributed by atoms with Gasteiger partial charge in [0.1, 0.15) is 0 Å². The Bertz CT molecular complexity index is 3860. The number of nitrogens with zero attached hydrogens (tertiary/aromatic N) is 2. The number of anilines is 5. The van der Waals surface area contributed by atoms with Gasteiger partial charge in [-0.1, -0.05) is 224 Å². The van der Waals surface area contributed by atoms with Crippen molar-refractivity contribution in [3.63, 3.8) is 0 Å². The van der Waals surface area contributed by atoms with Gasteiger partial charge in [0.05, 0.1) is 5.41 Å². The van der Waals surface area contributed by atoms with Gasteiger partial charge in [-0.3, -0.25) is 0 Å². The van der Waals surface area contributed by atoms with E-state index in [1.54, 1.807) is 0 Å². The normalized spacial score (nSPS) is 14.8. The molecule has 0 saturated heterocycles. The Morgan fingerprint density at radius 1 is 0.240 bits per heavy atom. The fraction of sp³-hybridized carbons (Fsp3) is 0.0411. The van der Waals surface area contributed by atoms with Crippen molar-refractivity contribution < 1.29 is 0 Å². The van der Waals surface area contributed by atoms with E-state index in [0.717, 1.165) is 41.3 Å². The van der Waals surface area contributed by atoms with Crippen LogP contribution in [0.1, 0.15) is 40.7 Å². The highest BCUT2D eigenvalue weighted by atomic mass is 15.2. The molecule has 0 aliphatic heterocycles. The molecule has 11 aromatic rings. The topological polar surface area (TPSA) is 6.48 Å². The van der Waals surface area contributed by atoms with E-state index in [4.69, 9.17) is 0 Å². The van der Waals surface area contributed by atoms with Crippen LogP contribution in [0.25, 0.3) is 61.2 Å². The molecule has 354 valence electrons. The molecule has 75 heavy (non-hydrogen) atoms. The molecule has 1 unspecified atom stereocenters. The number of fused-ring (bicyclic) bond motifs is 10. The SMILES string of the molecule is C1=C(c2ccccc2)CCC(N(c2ccc(-c3ccccc3)cc2)c2ccc3c(c2)C2(c4ccccc4-3)c3ccccc3-c3ccc(N(c4ccc(-c5ccccc5)cc4)c4ccc(-c5ccccc5)cc4)cc32)=C1. The van der Waals surface area contributed by atoms with Gasteiger partial charge in [-0.05, 0) is 169 Å². The van der Waals surface area contributed by atoms with Crippen LogP contribution in [-0.2, 0) is 5.41 Å². The third kappa shape index (κ3) is 7.56. The average molecular weight is 957 g/mol. The lowest BCUT2D eigenvalue weighted by molar-refractivity contribution is 0.793. The second-order valence-electron chi connectivity index (χ2n) is 19.9. The van der Waals surface area contributed by atoms with Crippen molar-refractivity contribution in [2.45, 2.75) is 18.3 Å². The molecule has 0 heterocycles. The molecule has 0 amide bonds. The minimum atomic E-state index is -0.589. The number of allylic oxidation sites excluding steroid dienone is 4. The first-order valence-electron chi connectivity index (χ1n) is 26.2. The largest absolute Gasteiger partial charge is 0.314 e. The van der Waals surface area contributed by atoms with Crippen molar-refractivity contribution in [2.24, 2.45) is 0 Å². The summed E-state index contributed by atoms with van der Waals surface area (Å²) >= 11 is 0. The van der Waals surface area contributed by atoms with Crippen LogP contribution in [0, 0.1) is 0 Å². The minimum Gasteiger partial charge on any atom is -0.314 e. The Labute approximate surface area is 440 Å². The van der Waals surface area contributed by atoms with Crippen molar-refractivity contribution in [1.82, 2.24) is 0 Å². The Balaban J connectivity index is 0.953. The number of rotatable bonds is 10. The third-order valence-corrected chi connectivity index (χ3v) is 15.8. The summed E-state index contributed by atoms with van der Waals surface area (Å²) in [5, 5.41) is 0. The summed E-state index contributed by atoms with van der Waals surface area (Å²) in [5.41, 5.74) is 26.5. The summed E-state index contributed by atoms with van der Waals surface area (Å²) < 4.78 is 0. The van der Waals surface area contributed by atoms with Crippen LogP contribution in [0.4, 0.5) is 28.4 Å². The van der Waals surface area contributed by atoms with Gasteiger partial charge in [0, 0.05) is 34.1 Å². The monoisotopic (exact) mass is 956 g/mol. The van der Waals surface area contributed by atoms with Crippen molar-refractivity contribution >= 4 is 34.0 Å². The second kappa shape index (κ2) is 18.5. The molecular formula is C73H52N2. The van der Waals surface area contributed by atoms with Crippen molar-refractivity contribution in [1.29, 1.82) is 0 Å². The molecule has 0 bridgehead atoms. The van der Waals surface area contributed by atoms with E-state index in [0.29, 0.717) is 0 Å². The van der Waals surface area contributed by atoms with E-state index in [9.17, 15) is 0 Å². The van der Waals surface area contributed by atoms with Gasteiger partial charge in [-0.25, -0.2) is 0 Å². The van der Waals surface area contributed by atoms with Crippen LogP contribution in [0.3, 0.4) is 0 Å². The average Bonchev–Trinajstić information content (AvgIpc) is 4.16. The predicted molar refractivity (Wildman–Crippen MR) is 314 cm³/mol. The summed E-state index contributed by atoms with van der Waals surface area (Å²) in [7, 11) is 0. The van der Waals surface area contributed by atoms with Crippen molar-refractivity contribution in [3.05, 3.63) is 325 Å². The molecule has 11 aromatic carbocycles. The molecule has 0 aromatic heterocycles. The van der Waals surface area contributed by atoms with E-state index in [1.807, 2.05) is 0 Å². The molecule has 1 spiro atoms. The van der Waals surface area contributed by atoms with E-state index in [2.05, 4.69) is 301 Å². The van der Waals surface area contributed by atoms with Gasteiger partial charge >= 0.3 is 0 Å². The first-order chi connectivity index (χ1) is 37.2. The van der Waals surface area contributed by atoms with Crippen LogP contribution in [0.5, 0.6) is 0 Å². The summed E-state index contributed by atoms with van der Waals surface area (Å²) in [6, 6.07) is 103. The molecule has 1 atom stereocenters. The van der Waals surface area contributed by atoms with Gasteiger partial charge < -0.3 is 9.80 Å². The Morgan fingerprint density at radius 2 is 0.573 bits per heavy atom. The molecule has 2 heteroatoms. The number of benzene rings is 11. The highest BCUT2D eigenvalue weighted by Crippen LogP contribution is 2.64. The summed E-state index contributed by atoms with van der Waals surface area (Å²) in [6.45, 7) is 0. The van der Waals surface area contributed by atoms with E-state index < -0.39 is 5.41 Å². The first-order valence-corrected chi connectivity index (χ1v) is 26.2. The quantitative estimate of drug-likeness (QED) is 0.135.